The van der Waals surface area contributed by atoms with Gasteiger partial charge >= 0.3 is 0 Å². The molecule has 0 bridgehead atoms. The van der Waals surface area contributed by atoms with Crippen molar-refractivity contribution in [3.8, 4) is 11.8 Å². The van der Waals surface area contributed by atoms with Crippen LogP contribution in [-0.4, -0.2) is 47.4 Å². The first kappa shape index (κ1) is 21.1. The first-order valence-corrected chi connectivity index (χ1v) is 11.3. The largest absolute Gasteiger partial charge is 0.296 e. The zero-order valence-corrected chi connectivity index (χ0v) is 17.2. The van der Waals surface area contributed by atoms with Gasteiger partial charge in [-0.15, -0.1) is 9.60 Å². The van der Waals surface area contributed by atoms with Crippen LogP contribution in [-0.2, 0) is 9.84 Å². The van der Waals surface area contributed by atoms with E-state index in [2.05, 4.69) is 4.98 Å². The SMILES string of the molecule is CCS(=O)(=O)CCN(F)[C@H](C)c1nc(C2CC2)c(C=O)n1-c1ccc(C#N)cc1. The lowest BCUT2D eigenvalue weighted by Crippen LogP contribution is -2.27. The third kappa shape index (κ3) is 4.54. The van der Waals surface area contributed by atoms with Crippen LogP contribution in [0.5, 0.6) is 0 Å². The van der Waals surface area contributed by atoms with Crippen LogP contribution in [0.15, 0.2) is 24.3 Å². The summed E-state index contributed by atoms with van der Waals surface area (Å²) >= 11 is 0. The Morgan fingerprint density at radius 2 is 2.03 bits per heavy atom. The van der Waals surface area contributed by atoms with E-state index >= 15 is 0 Å². The van der Waals surface area contributed by atoms with Crippen LogP contribution in [0.25, 0.3) is 5.69 Å². The Balaban J connectivity index is 2.00. The monoisotopic (exact) mass is 418 g/mol. The van der Waals surface area contributed by atoms with Crippen molar-refractivity contribution in [3.63, 3.8) is 0 Å². The van der Waals surface area contributed by atoms with E-state index in [1.54, 1.807) is 35.8 Å². The lowest BCUT2D eigenvalue weighted by atomic mass is 10.2. The van der Waals surface area contributed by atoms with Crippen molar-refractivity contribution in [2.45, 2.75) is 38.6 Å². The van der Waals surface area contributed by atoms with Gasteiger partial charge in [0, 0.05) is 23.9 Å². The number of aldehydes is 1. The molecule has 29 heavy (non-hydrogen) atoms. The molecule has 1 atom stereocenters. The Morgan fingerprint density at radius 1 is 1.38 bits per heavy atom. The Bertz CT molecular complexity index is 1040. The number of sulfone groups is 1. The van der Waals surface area contributed by atoms with E-state index in [4.69, 9.17) is 5.26 Å². The number of nitriles is 1. The van der Waals surface area contributed by atoms with E-state index in [0.717, 1.165) is 19.1 Å². The number of nitrogens with zero attached hydrogens (tertiary/aromatic N) is 4. The van der Waals surface area contributed by atoms with Crippen molar-refractivity contribution in [1.82, 2.24) is 14.7 Å². The molecule has 0 radical (unpaired) electrons. The molecule has 1 aliphatic carbocycles. The molecule has 1 aliphatic rings. The summed E-state index contributed by atoms with van der Waals surface area (Å²) in [6.45, 7) is 2.83. The molecule has 1 heterocycles. The number of halogens is 1. The predicted molar refractivity (Wildman–Crippen MR) is 106 cm³/mol. The summed E-state index contributed by atoms with van der Waals surface area (Å²) in [5, 5.41) is 9.46. The molecule has 1 fully saturated rings. The average molecular weight is 418 g/mol. The lowest BCUT2D eigenvalue weighted by molar-refractivity contribution is -0.0134. The molecule has 0 unspecified atom stereocenters. The van der Waals surface area contributed by atoms with Gasteiger partial charge in [0.1, 0.15) is 11.5 Å². The summed E-state index contributed by atoms with van der Waals surface area (Å²) in [5.41, 5.74) is 2.08. The minimum atomic E-state index is -3.31. The van der Waals surface area contributed by atoms with Crippen molar-refractivity contribution in [2.75, 3.05) is 18.1 Å². The van der Waals surface area contributed by atoms with Crippen LogP contribution in [0.2, 0.25) is 0 Å². The molecule has 9 heteroatoms. The van der Waals surface area contributed by atoms with Crippen molar-refractivity contribution < 1.29 is 17.7 Å². The smallest absolute Gasteiger partial charge is 0.168 e. The number of rotatable bonds is 9. The molecule has 154 valence electrons. The summed E-state index contributed by atoms with van der Waals surface area (Å²) in [5.74, 6) is 0.165. The molecule has 2 aromatic rings. The molecule has 1 aromatic heterocycles. The Kier molecular flexibility index (Phi) is 6.15. The van der Waals surface area contributed by atoms with Gasteiger partial charge in [0.05, 0.1) is 29.1 Å². The molecule has 1 aromatic carbocycles. The van der Waals surface area contributed by atoms with E-state index in [9.17, 15) is 17.7 Å². The van der Waals surface area contributed by atoms with E-state index < -0.39 is 15.9 Å². The van der Waals surface area contributed by atoms with Gasteiger partial charge in [0.25, 0.3) is 0 Å². The van der Waals surface area contributed by atoms with Gasteiger partial charge in [0.15, 0.2) is 16.1 Å². The second-order valence-electron chi connectivity index (χ2n) is 7.16. The summed E-state index contributed by atoms with van der Waals surface area (Å²) < 4.78 is 39.9. The second kappa shape index (κ2) is 8.43. The van der Waals surface area contributed by atoms with Crippen LogP contribution >= 0.6 is 0 Å². The average Bonchev–Trinajstić information content (AvgIpc) is 3.51. The summed E-state index contributed by atoms with van der Waals surface area (Å²) in [6, 6.07) is 7.79. The number of aromatic nitrogens is 2. The van der Waals surface area contributed by atoms with Crippen molar-refractivity contribution >= 4 is 16.1 Å². The van der Waals surface area contributed by atoms with Gasteiger partial charge in [-0.2, -0.15) is 5.26 Å². The molecule has 0 amide bonds. The molecule has 0 spiro atoms. The van der Waals surface area contributed by atoms with Gasteiger partial charge in [-0.25, -0.2) is 13.4 Å². The summed E-state index contributed by atoms with van der Waals surface area (Å²) in [7, 11) is -3.31. The predicted octanol–water partition coefficient (Wildman–Crippen LogP) is 3.12. The molecule has 0 aliphatic heterocycles. The standard InChI is InChI=1S/C20H23FN4O3S/c1-3-29(27,28)11-10-24(21)14(2)20-23-19(16-6-7-16)18(13-26)25(20)17-8-4-15(12-22)5-9-17/h4-5,8-9,13-14,16H,3,6-7,10-11H2,1-2H3/t14-/m1/s1. The number of carbonyl (C=O) groups excluding carboxylic acids is 1. The van der Waals surface area contributed by atoms with Gasteiger partial charge in [-0.3, -0.25) is 9.36 Å². The fourth-order valence-corrected chi connectivity index (χ4v) is 3.91. The Hall–Kier alpha value is -2.57. The van der Waals surface area contributed by atoms with Crippen LogP contribution in [0.4, 0.5) is 4.48 Å². The highest BCUT2D eigenvalue weighted by molar-refractivity contribution is 7.91. The van der Waals surface area contributed by atoms with E-state index in [1.807, 2.05) is 6.07 Å². The maximum absolute atomic E-state index is 14.8. The van der Waals surface area contributed by atoms with Crippen molar-refractivity contribution in [1.29, 1.82) is 5.26 Å². The zero-order chi connectivity index (χ0) is 21.2. The molecule has 0 N–H and O–H groups in total. The highest BCUT2D eigenvalue weighted by Gasteiger charge is 2.34. The van der Waals surface area contributed by atoms with Gasteiger partial charge in [0.2, 0.25) is 0 Å². The number of carbonyl (C=O) groups is 1. The molecule has 1 saturated carbocycles. The van der Waals surface area contributed by atoms with Gasteiger partial charge in [-0.1, -0.05) is 6.92 Å². The fraction of sp³-hybridized carbons (Fsp3) is 0.450. The zero-order valence-electron chi connectivity index (χ0n) is 16.4. The minimum absolute atomic E-state index is 0.0454. The Labute approximate surface area is 169 Å². The van der Waals surface area contributed by atoms with Crippen LogP contribution in [0.1, 0.15) is 66.2 Å². The Morgan fingerprint density at radius 3 is 2.55 bits per heavy atom. The van der Waals surface area contributed by atoms with E-state index in [1.165, 1.54) is 6.92 Å². The highest BCUT2D eigenvalue weighted by atomic mass is 32.2. The maximum atomic E-state index is 14.8. The third-order valence-electron chi connectivity index (χ3n) is 5.15. The first-order valence-electron chi connectivity index (χ1n) is 9.52. The number of benzene rings is 1. The van der Waals surface area contributed by atoms with Crippen LogP contribution in [0, 0.1) is 11.3 Å². The minimum Gasteiger partial charge on any atom is -0.296 e. The van der Waals surface area contributed by atoms with E-state index in [-0.39, 0.29) is 24.0 Å². The first-order chi connectivity index (χ1) is 13.8. The maximum Gasteiger partial charge on any atom is 0.168 e. The lowest BCUT2D eigenvalue weighted by Gasteiger charge is -2.21. The summed E-state index contributed by atoms with van der Waals surface area (Å²) in [6.07, 6.45) is 2.57. The molecular weight excluding hydrogens is 395 g/mol. The van der Waals surface area contributed by atoms with Gasteiger partial charge in [-0.05, 0) is 44.0 Å². The third-order valence-corrected chi connectivity index (χ3v) is 6.83. The van der Waals surface area contributed by atoms with Gasteiger partial charge < -0.3 is 0 Å². The molecule has 3 rings (SSSR count). The number of imidazole rings is 1. The van der Waals surface area contributed by atoms with Crippen molar-refractivity contribution in [3.05, 3.63) is 47.0 Å². The van der Waals surface area contributed by atoms with Crippen LogP contribution in [0.3, 0.4) is 0 Å². The topological polar surface area (TPSA) is 96.1 Å². The van der Waals surface area contributed by atoms with Crippen molar-refractivity contribution in [2.24, 2.45) is 0 Å². The molecule has 0 saturated heterocycles. The quantitative estimate of drug-likeness (QED) is 0.459. The van der Waals surface area contributed by atoms with E-state index in [0.29, 0.717) is 33.6 Å². The highest BCUT2D eigenvalue weighted by Crippen LogP contribution is 2.42. The molecule has 7 nitrogen and oxygen atoms in total. The fourth-order valence-electron chi connectivity index (χ4n) is 3.17. The van der Waals surface area contributed by atoms with Crippen LogP contribution < -0.4 is 0 Å². The normalized spacial score (nSPS) is 15.3. The number of hydrogen-bond donors (Lipinski definition) is 0. The molecular formula is C20H23FN4O3S. The number of hydrogen-bond acceptors (Lipinski definition) is 6. The second-order valence-corrected chi connectivity index (χ2v) is 9.64. The summed E-state index contributed by atoms with van der Waals surface area (Å²) in [4.78, 5) is 16.5.